The van der Waals surface area contributed by atoms with E-state index in [-0.39, 0.29) is 0 Å². The summed E-state index contributed by atoms with van der Waals surface area (Å²) in [7, 11) is -1.94. The maximum Gasteiger partial charge on any atom is 0.177 e. The Bertz CT molecular complexity index is 2690. The molecule has 2 aliphatic heterocycles. The minimum absolute atomic E-state index is 0.709. The quantitative estimate of drug-likeness (QED) is 0.160. The number of fused-ring (bicyclic) bond motifs is 4. The highest BCUT2D eigenvalue weighted by atomic mass is 28.3. The van der Waals surface area contributed by atoms with Crippen LogP contribution >= 0.6 is 0 Å². The van der Waals surface area contributed by atoms with Crippen LogP contribution < -0.4 is 29.5 Å². The standard InChI is InChI=1S/C50H37NO3Si/c1-55(2)47-20-9-8-18-45(47)54-50-42(15-11-21-48(50)55)37-26-32-40(33-27-37)51(38-28-22-35(23-29-38)34-12-4-3-5-13-34)39-30-24-36(25-31-39)41-14-10-19-46-49(41)53-44-17-7-6-16-43(44)52-46/h3-33H,1-2H3. The van der Waals surface area contributed by atoms with Crippen molar-refractivity contribution in [3.8, 4) is 67.9 Å². The van der Waals surface area contributed by atoms with Crippen LogP contribution in [0.15, 0.2) is 188 Å². The number of rotatable bonds is 6. The van der Waals surface area contributed by atoms with Crippen molar-refractivity contribution in [2.24, 2.45) is 0 Å². The first-order valence-corrected chi connectivity index (χ1v) is 21.7. The van der Waals surface area contributed by atoms with Crippen molar-refractivity contribution in [3.63, 3.8) is 0 Å². The van der Waals surface area contributed by atoms with Crippen LogP contribution in [0.1, 0.15) is 0 Å². The summed E-state index contributed by atoms with van der Waals surface area (Å²) in [6.45, 7) is 4.83. The first-order valence-electron chi connectivity index (χ1n) is 18.7. The third kappa shape index (κ3) is 5.77. The van der Waals surface area contributed by atoms with Crippen molar-refractivity contribution in [2.75, 3.05) is 4.90 Å². The molecule has 0 N–H and O–H groups in total. The van der Waals surface area contributed by atoms with Gasteiger partial charge in [-0.15, -0.1) is 0 Å². The van der Waals surface area contributed by atoms with Gasteiger partial charge in [0.05, 0.1) is 0 Å². The highest BCUT2D eigenvalue weighted by Crippen LogP contribution is 2.50. The third-order valence-electron chi connectivity index (χ3n) is 10.8. The van der Waals surface area contributed by atoms with Gasteiger partial charge in [-0.25, -0.2) is 0 Å². The Labute approximate surface area is 322 Å². The Kier molecular flexibility index (Phi) is 7.89. The summed E-state index contributed by atoms with van der Waals surface area (Å²) >= 11 is 0. The largest absolute Gasteiger partial charge is 0.457 e. The van der Waals surface area contributed by atoms with Crippen LogP contribution in [0.4, 0.5) is 17.1 Å². The van der Waals surface area contributed by atoms with Gasteiger partial charge < -0.3 is 19.1 Å². The molecule has 0 spiro atoms. The van der Waals surface area contributed by atoms with E-state index >= 15 is 0 Å². The van der Waals surface area contributed by atoms with Gasteiger partial charge in [-0.3, -0.25) is 0 Å². The van der Waals surface area contributed by atoms with Crippen LogP contribution in [0.3, 0.4) is 0 Å². The van der Waals surface area contributed by atoms with Crippen molar-refractivity contribution in [3.05, 3.63) is 188 Å². The zero-order valence-corrected chi connectivity index (χ0v) is 31.6. The van der Waals surface area contributed by atoms with E-state index in [1.54, 1.807) is 0 Å². The van der Waals surface area contributed by atoms with Gasteiger partial charge in [0.1, 0.15) is 19.6 Å². The number of benzene rings is 8. The van der Waals surface area contributed by atoms with E-state index in [1.165, 1.54) is 21.5 Å². The average molecular weight is 728 g/mol. The van der Waals surface area contributed by atoms with E-state index in [2.05, 4.69) is 170 Å². The molecule has 0 radical (unpaired) electrons. The normalized spacial score (nSPS) is 13.1. The van der Waals surface area contributed by atoms with E-state index < -0.39 is 8.07 Å². The summed E-state index contributed by atoms with van der Waals surface area (Å²) in [5.41, 5.74) is 9.78. The Morgan fingerprint density at radius 2 is 0.764 bits per heavy atom. The maximum atomic E-state index is 6.67. The summed E-state index contributed by atoms with van der Waals surface area (Å²) < 4.78 is 19.3. The lowest BCUT2D eigenvalue weighted by atomic mass is 10.0. The van der Waals surface area contributed by atoms with Gasteiger partial charge in [0.15, 0.2) is 23.0 Å². The number of ether oxygens (including phenoxy) is 3. The highest BCUT2D eigenvalue weighted by Gasteiger charge is 2.37. The van der Waals surface area contributed by atoms with Gasteiger partial charge in [0.25, 0.3) is 0 Å². The second-order valence-corrected chi connectivity index (χ2v) is 18.9. The van der Waals surface area contributed by atoms with Gasteiger partial charge in [-0.2, -0.15) is 0 Å². The maximum absolute atomic E-state index is 6.67. The van der Waals surface area contributed by atoms with Crippen molar-refractivity contribution in [1.82, 2.24) is 0 Å². The first-order chi connectivity index (χ1) is 27.0. The van der Waals surface area contributed by atoms with E-state index in [4.69, 9.17) is 14.2 Å². The SMILES string of the molecule is C[Si]1(C)c2ccccc2Oc2c(-c3ccc(N(c4ccc(-c5ccccc5)cc4)c4ccc(-c5cccc6c5Oc5ccccc5O6)cc4)cc3)cccc21. The third-order valence-corrected chi connectivity index (χ3v) is 14.3. The molecule has 2 aliphatic rings. The highest BCUT2D eigenvalue weighted by molar-refractivity contribution is 7.01. The molecule has 10 rings (SSSR count). The van der Waals surface area contributed by atoms with E-state index in [0.29, 0.717) is 11.5 Å². The predicted octanol–water partition coefficient (Wildman–Crippen LogP) is 13.0. The van der Waals surface area contributed by atoms with Gasteiger partial charge in [0.2, 0.25) is 0 Å². The monoisotopic (exact) mass is 727 g/mol. The molecule has 0 aliphatic carbocycles. The lowest BCUT2D eigenvalue weighted by Crippen LogP contribution is -2.56. The molecule has 2 heterocycles. The lowest BCUT2D eigenvalue weighted by molar-refractivity contribution is 0.361. The van der Waals surface area contributed by atoms with E-state index in [1.807, 2.05) is 36.4 Å². The Morgan fingerprint density at radius 3 is 1.40 bits per heavy atom. The van der Waals surface area contributed by atoms with Crippen LogP contribution in [0, 0.1) is 0 Å². The molecule has 264 valence electrons. The number of anilines is 3. The fourth-order valence-corrected chi connectivity index (χ4v) is 10.8. The van der Waals surface area contributed by atoms with Crippen LogP contribution in [-0.4, -0.2) is 8.07 Å². The number of para-hydroxylation sites is 5. The smallest absolute Gasteiger partial charge is 0.177 e. The molecular weight excluding hydrogens is 691 g/mol. The number of hydrogen-bond donors (Lipinski definition) is 0. The van der Waals surface area contributed by atoms with Crippen molar-refractivity contribution >= 4 is 35.5 Å². The molecule has 5 heteroatoms. The van der Waals surface area contributed by atoms with Crippen molar-refractivity contribution in [2.45, 2.75) is 13.1 Å². The molecule has 0 saturated carbocycles. The first kappa shape index (κ1) is 32.8. The Hall–Kier alpha value is -6.82. The molecule has 0 aromatic heterocycles. The summed E-state index contributed by atoms with van der Waals surface area (Å²) in [6, 6.07) is 65.8. The second kappa shape index (κ2) is 13.2. The lowest BCUT2D eigenvalue weighted by Gasteiger charge is -2.34. The van der Waals surface area contributed by atoms with Gasteiger partial charge in [0, 0.05) is 28.2 Å². The summed E-state index contributed by atoms with van der Waals surface area (Å²) in [5.74, 6) is 4.82. The molecule has 0 amide bonds. The Balaban J connectivity index is 1.02. The zero-order chi connectivity index (χ0) is 36.9. The van der Waals surface area contributed by atoms with Crippen molar-refractivity contribution < 1.29 is 14.2 Å². The van der Waals surface area contributed by atoms with Crippen LogP contribution in [0.5, 0.6) is 34.5 Å². The summed E-state index contributed by atoms with van der Waals surface area (Å²) in [6.07, 6.45) is 0. The molecule has 0 fully saturated rings. The molecule has 0 bridgehead atoms. The molecule has 8 aromatic rings. The topological polar surface area (TPSA) is 30.9 Å². The van der Waals surface area contributed by atoms with Crippen LogP contribution in [0.2, 0.25) is 13.1 Å². The fourth-order valence-electron chi connectivity index (χ4n) is 7.93. The average Bonchev–Trinajstić information content (AvgIpc) is 3.24. The Morgan fingerprint density at radius 1 is 0.327 bits per heavy atom. The van der Waals surface area contributed by atoms with Gasteiger partial charge in [-0.1, -0.05) is 140 Å². The van der Waals surface area contributed by atoms with E-state index in [0.717, 1.165) is 62.3 Å². The zero-order valence-electron chi connectivity index (χ0n) is 30.6. The van der Waals surface area contributed by atoms with Crippen LogP contribution in [0.25, 0.3) is 33.4 Å². The fraction of sp³-hybridized carbons (Fsp3) is 0.0400. The van der Waals surface area contributed by atoms with Crippen LogP contribution in [-0.2, 0) is 0 Å². The molecule has 8 aromatic carbocycles. The van der Waals surface area contributed by atoms with Gasteiger partial charge >= 0.3 is 0 Å². The molecule has 4 nitrogen and oxygen atoms in total. The molecule has 0 unspecified atom stereocenters. The minimum atomic E-state index is -1.94. The second-order valence-electron chi connectivity index (χ2n) is 14.5. The van der Waals surface area contributed by atoms with E-state index in [9.17, 15) is 0 Å². The molecule has 0 saturated heterocycles. The predicted molar refractivity (Wildman–Crippen MR) is 227 cm³/mol. The van der Waals surface area contributed by atoms with Crippen molar-refractivity contribution in [1.29, 1.82) is 0 Å². The summed E-state index contributed by atoms with van der Waals surface area (Å²) in [4.78, 5) is 2.31. The summed E-state index contributed by atoms with van der Waals surface area (Å²) in [5, 5.41) is 2.67. The molecule has 55 heavy (non-hydrogen) atoms. The molecule has 0 atom stereocenters. The minimum Gasteiger partial charge on any atom is -0.457 e. The van der Waals surface area contributed by atoms with Gasteiger partial charge in [-0.05, 0) is 93.3 Å². The number of hydrogen-bond acceptors (Lipinski definition) is 4. The molecular formula is C50H37NO3Si. The number of nitrogens with zero attached hydrogens (tertiary/aromatic N) is 1.